The molecule has 5 heteroatoms. The van der Waals surface area contributed by atoms with Crippen molar-refractivity contribution in [3.63, 3.8) is 0 Å². The molecule has 0 aliphatic carbocycles. The van der Waals surface area contributed by atoms with E-state index in [1.165, 1.54) is 0 Å². The lowest BCUT2D eigenvalue weighted by Gasteiger charge is -2.16. The summed E-state index contributed by atoms with van der Waals surface area (Å²) in [7, 11) is 3.71. The number of likely N-dealkylation sites (N-methyl/N-ethyl adjacent to an activating group) is 1. The smallest absolute Gasteiger partial charge is 0.194 e. The molecule has 1 aromatic carbocycles. The number of para-hydroxylation sites is 1. The second-order valence-corrected chi connectivity index (χ2v) is 4.43. The van der Waals surface area contributed by atoms with Crippen LogP contribution in [0.5, 0.6) is 5.75 Å². The van der Waals surface area contributed by atoms with Crippen LogP contribution in [0, 0.1) is 0 Å². The van der Waals surface area contributed by atoms with Gasteiger partial charge in [0.25, 0.3) is 0 Å². The molecule has 0 aromatic heterocycles. The van der Waals surface area contributed by atoms with E-state index in [4.69, 9.17) is 9.47 Å². The molecular formula is C14H21N3O2. The molecule has 0 radical (unpaired) electrons. The number of hydrogen-bond acceptors (Lipinski definition) is 5. The maximum absolute atomic E-state index is 5.70. The van der Waals surface area contributed by atoms with Crippen molar-refractivity contribution in [3.8, 4) is 5.75 Å². The molecule has 1 aliphatic heterocycles. The van der Waals surface area contributed by atoms with Gasteiger partial charge in [0.15, 0.2) is 5.96 Å². The van der Waals surface area contributed by atoms with E-state index in [1.807, 2.05) is 25.2 Å². The molecule has 0 saturated heterocycles. The van der Waals surface area contributed by atoms with Crippen LogP contribution in [0.1, 0.15) is 5.56 Å². The summed E-state index contributed by atoms with van der Waals surface area (Å²) >= 11 is 0. The largest absolute Gasteiger partial charge is 0.491 e. The number of nitrogens with one attached hydrogen (secondary N) is 1. The van der Waals surface area contributed by atoms with E-state index in [2.05, 4.69) is 21.3 Å². The zero-order chi connectivity index (χ0) is 13.5. The minimum absolute atomic E-state index is 0.564. The van der Waals surface area contributed by atoms with Crippen molar-refractivity contribution in [3.05, 3.63) is 29.8 Å². The molecule has 5 nitrogen and oxygen atoms in total. The molecule has 1 aliphatic rings. The van der Waals surface area contributed by atoms with Crippen LogP contribution in [0.4, 0.5) is 0 Å². The van der Waals surface area contributed by atoms with E-state index in [-0.39, 0.29) is 0 Å². The Bertz CT molecular complexity index is 434. The van der Waals surface area contributed by atoms with Crippen LogP contribution in [0.25, 0.3) is 0 Å². The van der Waals surface area contributed by atoms with E-state index in [0.717, 1.165) is 30.4 Å². The first-order valence-electron chi connectivity index (χ1n) is 6.50. The fraction of sp³-hybridized carbons (Fsp3) is 0.500. The van der Waals surface area contributed by atoms with E-state index < -0.39 is 0 Å². The second-order valence-electron chi connectivity index (χ2n) is 4.43. The van der Waals surface area contributed by atoms with E-state index >= 15 is 0 Å². The third-order valence-electron chi connectivity index (χ3n) is 3.01. The van der Waals surface area contributed by atoms with Gasteiger partial charge in [0.2, 0.25) is 0 Å². The normalized spacial score (nSPS) is 14.4. The van der Waals surface area contributed by atoms with Crippen molar-refractivity contribution in [2.45, 2.75) is 6.54 Å². The Labute approximate surface area is 114 Å². The lowest BCUT2D eigenvalue weighted by Crippen LogP contribution is -2.35. The molecule has 1 heterocycles. The molecule has 19 heavy (non-hydrogen) atoms. The molecule has 0 bridgehead atoms. The van der Waals surface area contributed by atoms with Gasteiger partial charge >= 0.3 is 0 Å². The highest BCUT2D eigenvalue weighted by atomic mass is 16.5. The van der Waals surface area contributed by atoms with Crippen LogP contribution in [0.3, 0.4) is 0 Å². The quantitative estimate of drug-likeness (QED) is 0.781. The predicted octanol–water partition coefficient (Wildman–Crippen LogP) is 1.10. The zero-order valence-electron chi connectivity index (χ0n) is 11.6. The Hall–Kier alpha value is -1.75. The first kappa shape index (κ1) is 13.7. The summed E-state index contributed by atoms with van der Waals surface area (Å²) in [6, 6.07) is 8.03. The summed E-state index contributed by atoms with van der Waals surface area (Å²) in [6.07, 6.45) is 0. The van der Waals surface area contributed by atoms with Crippen molar-refractivity contribution < 1.29 is 9.47 Å². The van der Waals surface area contributed by atoms with Gasteiger partial charge in [0.05, 0.1) is 13.2 Å². The number of ether oxygens (including phenoxy) is 2. The molecule has 104 valence electrons. The third-order valence-corrected chi connectivity index (χ3v) is 3.01. The molecule has 0 atom stereocenters. The minimum Gasteiger partial charge on any atom is -0.491 e. The molecule has 0 saturated carbocycles. The molecular weight excluding hydrogens is 242 g/mol. The van der Waals surface area contributed by atoms with Gasteiger partial charge in [-0.25, -0.2) is 0 Å². The second kappa shape index (κ2) is 6.99. The van der Waals surface area contributed by atoms with Gasteiger partial charge < -0.3 is 19.7 Å². The Morgan fingerprint density at radius 2 is 2.16 bits per heavy atom. The van der Waals surface area contributed by atoms with E-state index in [9.17, 15) is 0 Å². The molecule has 0 spiro atoms. The number of benzene rings is 1. The molecule has 0 unspecified atom stereocenters. The van der Waals surface area contributed by atoms with E-state index in [1.54, 1.807) is 7.11 Å². The highest BCUT2D eigenvalue weighted by Crippen LogP contribution is 2.17. The predicted molar refractivity (Wildman–Crippen MR) is 75.6 cm³/mol. The number of rotatable bonds is 6. The van der Waals surface area contributed by atoms with Gasteiger partial charge in [-0.2, -0.15) is 0 Å². The molecule has 0 fully saturated rings. The molecule has 1 aromatic rings. The van der Waals surface area contributed by atoms with Crippen molar-refractivity contribution in [1.82, 2.24) is 10.2 Å². The summed E-state index contributed by atoms with van der Waals surface area (Å²) in [6.45, 7) is 3.72. The Balaban J connectivity index is 1.91. The van der Waals surface area contributed by atoms with Crippen LogP contribution >= 0.6 is 0 Å². The molecule has 2 rings (SSSR count). The first-order valence-corrected chi connectivity index (χ1v) is 6.50. The van der Waals surface area contributed by atoms with Crippen LogP contribution in [-0.2, 0) is 11.3 Å². The summed E-state index contributed by atoms with van der Waals surface area (Å²) in [5, 5.41) is 3.34. The molecule has 1 N–H and O–H groups in total. The standard InChI is InChI=1S/C14H21N3O2/c1-17-8-7-15-14(17)16-11-12-5-3-4-6-13(12)19-10-9-18-2/h3-6H,7-11H2,1-2H3,(H,15,16). The summed E-state index contributed by atoms with van der Waals surface area (Å²) in [5.41, 5.74) is 1.13. The van der Waals surface area contributed by atoms with Crippen molar-refractivity contribution >= 4 is 5.96 Å². The number of methoxy groups -OCH3 is 1. The van der Waals surface area contributed by atoms with Gasteiger partial charge in [-0.1, -0.05) is 18.2 Å². The van der Waals surface area contributed by atoms with Crippen molar-refractivity contribution in [1.29, 1.82) is 0 Å². The molecule has 0 amide bonds. The summed E-state index contributed by atoms with van der Waals surface area (Å²) in [5.74, 6) is 1.85. The average molecular weight is 263 g/mol. The Morgan fingerprint density at radius 1 is 1.32 bits per heavy atom. The average Bonchev–Trinajstić information content (AvgIpc) is 2.83. The minimum atomic E-state index is 0.564. The van der Waals surface area contributed by atoms with Crippen LogP contribution in [-0.4, -0.2) is 51.3 Å². The lowest BCUT2D eigenvalue weighted by atomic mass is 10.2. The van der Waals surface area contributed by atoms with Gasteiger partial charge in [0.1, 0.15) is 12.4 Å². The monoisotopic (exact) mass is 263 g/mol. The Kier molecular flexibility index (Phi) is 5.03. The third kappa shape index (κ3) is 3.86. The number of hydrogen-bond donors (Lipinski definition) is 1. The number of guanidine groups is 1. The SMILES string of the molecule is COCCOc1ccccc1CNC1=NCCN1C. The van der Waals surface area contributed by atoms with Crippen LogP contribution in [0.15, 0.2) is 29.3 Å². The fourth-order valence-electron chi connectivity index (χ4n) is 1.92. The zero-order valence-corrected chi connectivity index (χ0v) is 11.6. The summed E-state index contributed by atoms with van der Waals surface area (Å²) in [4.78, 5) is 6.53. The van der Waals surface area contributed by atoms with E-state index in [0.29, 0.717) is 19.8 Å². The maximum Gasteiger partial charge on any atom is 0.194 e. The van der Waals surface area contributed by atoms with Gasteiger partial charge in [0, 0.05) is 32.8 Å². The van der Waals surface area contributed by atoms with Crippen LogP contribution in [0.2, 0.25) is 0 Å². The van der Waals surface area contributed by atoms with Crippen LogP contribution < -0.4 is 10.1 Å². The highest BCUT2D eigenvalue weighted by Gasteiger charge is 2.12. The van der Waals surface area contributed by atoms with Gasteiger partial charge in [-0.3, -0.25) is 4.99 Å². The number of nitrogens with zero attached hydrogens (tertiary/aromatic N) is 2. The van der Waals surface area contributed by atoms with Crippen molar-refractivity contribution in [2.75, 3.05) is 40.5 Å². The number of aliphatic imine (C=N–C) groups is 1. The Morgan fingerprint density at radius 3 is 2.89 bits per heavy atom. The van der Waals surface area contributed by atoms with Gasteiger partial charge in [-0.05, 0) is 6.07 Å². The van der Waals surface area contributed by atoms with Gasteiger partial charge in [-0.15, -0.1) is 0 Å². The summed E-state index contributed by atoms with van der Waals surface area (Å²) < 4.78 is 10.7. The maximum atomic E-state index is 5.70. The fourth-order valence-corrected chi connectivity index (χ4v) is 1.92. The lowest BCUT2D eigenvalue weighted by molar-refractivity contribution is 0.145. The topological polar surface area (TPSA) is 46.1 Å². The highest BCUT2D eigenvalue weighted by molar-refractivity contribution is 5.81. The van der Waals surface area contributed by atoms with Crippen molar-refractivity contribution in [2.24, 2.45) is 4.99 Å². The first-order chi connectivity index (χ1) is 9.31.